The highest BCUT2D eigenvalue weighted by atomic mass is 35.5. The first-order valence-corrected chi connectivity index (χ1v) is 3.52. The Morgan fingerprint density at radius 3 is 2.73 bits per heavy atom. The summed E-state index contributed by atoms with van der Waals surface area (Å²) in [5.74, 6) is 0. The summed E-state index contributed by atoms with van der Waals surface area (Å²) < 4.78 is 0. The van der Waals surface area contributed by atoms with Gasteiger partial charge in [0.1, 0.15) is 0 Å². The third kappa shape index (κ3) is 2.84. The fourth-order valence-electron chi connectivity index (χ4n) is 0.778. The SMILES string of the molecule is OC(O)Cc1cncc(Cl)c1. The molecule has 0 aliphatic carbocycles. The fourth-order valence-corrected chi connectivity index (χ4v) is 0.975. The number of halogens is 1. The van der Waals surface area contributed by atoms with E-state index < -0.39 is 6.29 Å². The van der Waals surface area contributed by atoms with Crippen molar-refractivity contribution >= 4 is 11.6 Å². The molecule has 2 N–H and O–H groups in total. The highest BCUT2D eigenvalue weighted by Crippen LogP contribution is 2.09. The molecule has 4 heteroatoms. The van der Waals surface area contributed by atoms with Crippen LogP contribution in [0, 0.1) is 0 Å². The predicted molar refractivity (Wildman–Crippen MR) is 41.2 cm³/mol. The van der Waals surface area contributed by atoms with Crippen LogP contribution < -0.4 is 0 Å². The summed E-state index contributed by atoms with van der Waals surface area (Å²) >= 11 is 5.60. The number of nitrogens with zero attached hydrogens (tertiary/aromatic N) is 1. The monoisotopic (exact) mass is 173 g/mol. The van der Waals surface area contributed by atoms with Crippen molar-refractivity contribution in [2.45, 2.75) is 12.7 Å². The molecule has 0 bridgehead atoms. The van der Waals surface area contributed by atoms with Gasteiger partial charge in [0.05, 0.1) is 5.02 Å². The van der Waals surface area contributed by atoms with Gasteiger partial charge in [0.15, 0.2) is 6.29 Å². The minimum absolute atomic E-state index is 0.160. The zero-order valence-electron chi connectivity index (χ0n) is 5.74. The van der Waals surface area contributed by atoms with E-state index in [0.29, 0.717) is 10.6 Å². The molecular formula is C7H8ClNO2. The Bertz CT molecular complexity index is 240. The summed E-state index contributed by atoms with van der Waals surface area (Å²) in [6, 6.07) is 1.65. The highest BCUT2D eigenvalue weighted by Gasteiger charge is 2.00. The van der Waals surface area contributed by atoms with E-state index in [1.54, 1.807) is 12.3 Å². The molecule has 1 rings (SSSR count). The van der Waals surface area contributed by atoms with E-state index >= 15 is 0 Å². The van der Waals surface area contributed by atoms with Gasteiger partial charge < -0.3 is 10.2 Å². The van der Waals surface area contributed by atoms with Gasteiger partial charge in [0.25, 0.3) is 0 Å². The standard InChI is InChI=1S/C7H8ClNO2/c8-6-1-5(2-7(10)11)3-9-4-6/h1,3-4,7,10-11H,2H2. The lowest BCUT2D eigenvalue weighted by atomic mass is 10.2. The van der Waals surface area contributed by atoms with E-state index in [9.17, 15) is 0 Å². The molecule has 0 amide bonds. The molecule has 0 aliphatic heterocycles. The van der Waals surface area contributed by atoms with Crippen molar-refractivity contribution in [3.05, 3.63) is 29.0 Å². The van der Waals surface area contributed by atoms with Crippen molar-refractivity contribution in [2.24, 2.45) is 0 Å². The van der Waals surface area contributed by atoms with Crippen LogP contribution in [0.5, 0.6) is 0 Å². The maximum Gasteiger partial charge on any atom is 0.155 e. The molecular weight excluding hydrogens is 166 g/mol. The van der Waals surface area contributed by atoms with Crippen LogP contribution in [-0.4, -0.2) is 21.5 Å². The van der Waals surface area contributed by atoms with E-state index in [1.165, 1.54) is 6.20 Å². The van der Waals surface area contributed by atoms with Crippen LogP contribution in [0.1, 0.15) is 5.56 Å². The summed E-state index contributed by atoms with van der Waals surface area (Å²) in [6.45, 7) is 0. The van der Waals surface area contributed by atoms with Gasteiger partial charge >= 0.3 is 0 Å². The van der Waals surface area contributed by atoms with E-state index in [-0.39, 0.29) is 6.42 Å². The number of hydrogen-bond donors (Lipinski definition) is 2. The summed E-state index contributed by atoms with van der Waals surface area (Å²) in [4.78, 5) is 3.78. The lowest BCUT2D eigenvalue weighted by Gasteiger charge is -2.02. The number of hydrogen-bond acceptors (Lipinski definition) is 3. The van der Waals surface area contributed by atoms with Crippen LogP contribution in [0.3, 0.4) is 0 Å². The van der Waals surface area contributed by atoms with Crippen molar-refractivity contribution in [1.29, 1.82) is 0 Å². The zero-order valence-corrected chi connectivity index (χ0v) is 6.49. The van der Waals surface area contributed by atoms with Gasteiger partial charge in [0, 0.05) is 18.8 Å². The van der Waals surface area contributed by atoms with Gasteiger partial charge in [0.2, 0.25) is 0 Å². The largest absolute Gasteiger partial charge is 0.368 e. The first-order valence-electron chi connectivity index (χ1n) is 3.14. The van der Waals surface area contributed by atoms with Crippen LogP contribution in [0.15, 0.2) is 18.5 Å². The van der Waals surface area contributed by atoms with Crippen LogP contribution >= 0.6 is 11.6 Å². The van der Waals surface area contributed by atoms with E-state index in [2.05, 4.69) is 4.98 Å². The Morgan fingerprint density at radius 1 is 1.45 bits per heavy atom. The summed E-state index contributed by atoms with van der Waals surface area (Å²) in [6.07, 6.45) is 1.86. The second kappa shape index (κ2) is 3.67. The Morgan fingerprint density at radius 2 is 2.18 bits per heavy atom. The molecule has 3 nitrogen and oxygen atoms in total. The fraction of sp³-hybridized carbons (Fsp3) is 0.286. The van der Waals surface area contributed by atoms with E-state index in [4.69, 9.17) is 21.8 Å². The molecule has 0 spiro atoms. The Labute approximate surface area is 69.3 Å². The van der Waals surface area contributed by atoms with Crippen LogP contribution in [-0.2, 0) is 6.42 Å². The van der Waals surface area contributed by atoms with Crippen LogP contribution in [0.2, 0.25) is 5.02 Å². The molecule has 0 aromatic carbocycles. The topological polar surface area (TPSA) is 53.4 Å². The molecule has 0 unspecified atom stereocenters. The van der Waals surface area contributed by atoms with Gasteiger partial charge in [-0.15, -0.1) is 0 Å². The number of aliphatic hydroxyl groups excluding tert-OH is 1. The molecule has 1 aromatic rings. The smallest absolute Gasteiger partial charge is 0.155 e. The Hall–Kier alpha value is -0.640. The summed E-state index contributed by atoms with van der Waals surface area (Å²) in [5.41, 5.74) is 0.715. The Kier molecular flexibility index (Phi) is 2.82. The minimum Gasteiger partial charge on any atom is -0.368 e. The van der Waals surface area contributed by atoms with Crippen LogP contribution in [0.25, 0.3) is 0 Å². The average molecular weight is 174 g/mol. The van der Waals surface area contributed by atoms with Crippen molar-refractivity contribution < 1.29 is 10.2 Å². The minimum atomic E-state index is -1.34. The van der Waals surface area contributed by atoms with Gasteiger partial charge in [-0.25, -0.2) is 0 Å². The van der Waals surface area contributed by atoms with Gasteiger partial charge in [-0.3, -0.25) is 4.98 Å². The zero-order chi connectivity index (χ0) is 8.27. The molecule has 0 atom stereocenters. The number of aliphatic hydroxyl groups is 2. The van der Waals surface area contributed by atoms with E-state index in [0.717, 1.165) is 0 Å². The number of aromatic nitrogens is 1. The molecule has 11 heavy (non-hydrogen) atoms. The summed E-state index contributed by atoms with van der Waals surface area (Å²) in [5, 5.41) is 17.7. The van der Waals surface area contributed by atoms with Gasteiger partial charge in [-0.2, -0.15) is 0 Å². The quantitative estimate of drug-likeness (QED) is 0.644. The lowest BCUT2D eigenvalue weighted by molar-refractivity contribution is -0.0382. The first kappa shape index (κ1) is 8.46. The third-order valence-electron chi connectivity index (χ3n) is 1.18. The van der Waals surface area contributed by atoms with Gasteiger partial charge in [-0.05, 0) is 11.6 Å². The second-order valence-corrected chi connectivity index (χ2v) is 2.63. The molecule has 0 fully saturated rings. The Balaban J connectivity index is 2.71. The molecule has 1 aromatic heterocycles. The van der Waals surface area contributed by atoms with Crippen molar-refractivity contribution in [2.75, 3.05) is 0 Å². The molecule has 0 saturated heterocycles. The molecule has 1 heterocycles. The molecule has 60 valence electrons. The highest BCUT2D eigenvalue weighted by molar-refractivity contribution is 6.30. The average Bonchev–Trinajstić information content (AvgIpc) is 1.85. The molecule has 0 aliphatic rings. The van der Waals surface area contributed by atoms with Crippen molar-refractivity contribution in [1.82, 2.24) is 4.98 Å². The normalized spacial score (nSPS) is 10.5. The third-order valence-corrected chi connectivity index (χ3v) is 1.39. The first-order chi connectivity index (χ1) is 5.18. The molecule has 0 radical (unpaired) electrons. The maximum atomic E-state index is 8.58. The van der Waals surface area contributed by atoms with Crippen LogP contribution in [0.4, 0.5) is 0 Å². The number of rotatable bonds is 2. The van der Waals surface area contributed by atoms with E-state index in [1.807, 2.05) is 0 Å². The maximum absolute atomic E-state index is 8.58. The summed E-state index contributed by atoms with van der Waals surface area (Å²) in [7, 11) is 0. The number of pyridine rings is 1. The van der Waals surface area contributed by atoms with Crippen molar-refractivity contribution in [3.63, 3.8) is 0 Å². The lowest BCUT2D eigenvalue weighted by Crippen LogP contribution is -2.08. The van der Waals surface area contributed by atoms with Crippen molar-refractivity contribution in [3.8, 4) is 0 Å². The predicted octanol–water partition coefficient (Wildman–Crippen LogP) is 0.588. The van der Waals surface area contributed by atoms with Gasteiger partial charge in [-0.1, -0.05) is 11.6 Å². The molecule has 0 saturated carbocycles. The second-order valence-electron chi connectivity index (χ2n) is 2.20.